The van der Waals surface area contributed by atoms with Crippen LogP contribution in [0.25, 0.3) is 11.0 Å². The van der Waals surface area contributed by atoms with Crippen LogP contribution in [0.1, 0.15) is 36.7 Å². The first-order valence-electron chi connectivity index (χ1n) is 10.7. The van der Waals surface area contributed by atoms with E-state index >= 15 is 0 Å². The monoisotopic (exact) mass is 482 g/mol. The van der Waals surface area contributed by atoms with E-state index in [2.05, 4.69) is 9.97 Å². The van der Waals surface area contributed by atoms with Crippen molar-refractivity contribution in [3.8, 4) is 0 Å². The van der Waals surface area contributed by atoms with Crippen molar-refractivity contribution < 1.29 is 18.7 Å². The zero-order valence-electron chi connectivity index (χ0n) is 19.0. The van der Waals surface area contributed by atoms with Crippen LogP contribution in [0.4, 0.5) is 9.18 Å². The van der Waals surface area contributed by atoms with Gasteiger partial charge in [0.15, 0.2) is 5.78 Å². The number of rotatable bonds is 5. The highest BCUT2D eigenvalue weighted by atomic mass is 35.5. The molecule has 1 aliphatic heterocycles. The summed E-state index contributed by atoms with van der Waals surface area (Å²) in [5, 5.41) is 3.86. The first-order valence-corrected chi connectivity index (χ1v) is 11.1. The summed E-state index contributed by atoms with van der Waals surface area (Å²) in [6.07, 6.45) is 7.43. The fourth-order valence-corrected chi connectivity index (χ4v) is 3.71. The molecular formula is C25H24ClFN4O3. The molecule has 2 aromatic heterocycles. The third kappa shape index (κ3) is 5.12. The van der Waals surface area contributed by atoms with Crippen molar-refractivity contribution in [1.82, 2.24) is 20.0 Å². The first-order chi connectivity index (χ1) is 16.1. The number of pyridine rings is 1. The van der Waals surface area contributed by atoms with Crippen molar-refractivity contribution in [2.45, 2.75) is 32.9 Å². The summed E-state index contributed by atoms with van der Waals surface area (Å²) in [5.74, 6) is -0.674. The minimum Gasteiger partial charge on any atom is -0.442 e. The Hall–Kier alpha value is -3.65. The predicted molar refractivity (Wildman–Crippen MR) is 128 cm³/mol. The number of H-pyrrole nitrogens is 1. The summed E-state index contributed by atoms with van der Waals surface area (Å²) in [4.78, 5) is 33.6. The molecule has 0 aliphatic carbocycles. The van der Waals surface area contributed by atoms with E-state index in [1.54, 1.807) is 74.6 Å². The zero-order chi connectivity index (χ0) is 24.5. The number of ketones is 1. The first kappa shape index (κ1) is 23.5. The van der Waals surface area contributed by atoms with Gasteiger partial charge in [-0.1, -0.05) is 35.9 Å². The van der Waals surface area contributed by atoms with Crippen LogP contribution in [-0.2, 0) is 11.3 Å². The molecule has 3 heterocycles. The standard InChI is InChI=1S/C25H24ClFN4O3/c1-25(2,3)34-24(33)31(15-16-7-4-5-9-21(16)27)30-10-6-8-17(14-30)22(32)20-13-29-23-19(20)11-18(26)12-28-23/h4-13H,14-15H2,1-3H3,(H,28,29). The zero-order valence-corrected chi connectivity index (χ0v) is 19.8. The molecule has 1 aromatic carbocycles. The lowest BCUT2D eigenvalue weighted by atomic mass is 10.0. The highest BCUT2D eigenvalue weighted by Crippen LogP contribution is 2.25. The molecule has 0 saturated heterocycles. The van der Waals surface area contributed by atoms with Gasteiger partial charge in [0.25, 0.3) is 0 Å². The van der Waals surface area contributed by atoms with Crippen molar-refractivity contribution >= 4 is 34.5 Å². The number of hydrogen-bond acceptors (Lipinski definition) is 5. The number of halogens is 2. The normalized spacial score (nSPS) is 13.7. The maximum atomic E-state index is 14.4. The third-order valence-electron chi connectivity index (χ3n) is 5.11. The number of aromatic amines is 1. The van der Waals surface area contributed by atoms with E-state index in [1.807, 2.05) is 0 Å². The lowest BCUT2D eigenvalue weighted by molar-refractivity contribution is -0.0312. The number of aromatic nitrogens is 2. The molecule has 3 aromatic rings. The molecule has 0 atom stereocenters. The molecule has 0 radical (unpaired) electrons. The van der Waals surface area contributed by atoms with Gasteiger partial charge < -0.3 is 9.72 Å². The van der Waals surface area contributed by atoms with Crippen LogP contribution < -0.4 is 0 Å². The molecule has 1 aliphatic rings. The van der Waals surface area contributed by atoms with E-state index in [1.165, 1.54) is 17.3 Å². The average molecular weight is 483 g/mol. The molecular weight excluding hydrogens is 459 g/mol. The minimum absolute atomic E-state index is 0.0694. The Balaban J connectivity index is 1.61. The van der Waals surface area contributed by atoms with Crippen LogP contribution in [0.5, 0.6) is 0 Å². The third-order valence-corrected chi connectivity index (χ3v) is 5.32. The van der Waals surface area contributed by atoms with Gasteiger partial charge in [-0.05, 0) is 39.0 Å². The maximum absolute atomic E-state index is 14.4. The molecule has 34 heavy (non-hydrogen) atoms. The number of Topliss-reactive ketones (excluding diaryl/α,β-unsaturated/α-hetero) is 1. The van der Waals surface area contributed by atoms with E-state index in [0.29, 0.717) is 32.8 Å². The van der Waals surface area contributed by atoms with Gasteiger partial charge in [-0.3, -0.25) is 9.80 Å². The van der Waals surface area contributed by atoms with Gasteiger partial charge in [-0.25, -0.2) is 19.2 Å². The summed E-state index contributed by atoms with van der Waals surface area (Å²) >= 11 is 6.07. The Morgan fingerprint density at radius 1 is 1.29 bits per heavy atom. The van der Waals surface area contributed by atoms with E-state index in [4.69, 9.17) is 16.3 Å². The number of amides is 1. The van der Waals surface area contributed by atoms with E-state index in [9.17, 15) is 14.0 Å². The highest BCUT2D eigenvalue weighted by Gasteiger charge is 2.29. The van der Waals surface area contributed by atoms with E-state index < -0.39 is 17.5 Å². The van der Waals surface area contributed by atoms with E-state index in [-0.39, 0.29) is 18.9 Å². The number of carbonyl (C=O) groups excluding carboxylic acids is 2. The summed E-state index contributed by atoms with van der Waals surface area (Å²) in [5.41, 5.74) is 0.970. The maximum Gasteiger partial charge on any atom is 0.429 e. The SMILES string of the molecule is CC(C)(C)OC(=O)N(Cc1ccccc1F)N1C=CC=C(C(=O)c2c[nH]c3ncc(Cl)cc23)C1. The summed E-state index contributed by atoms with van der Waals surface area (Å²) in [6, 6.07) is 7.89. The number of nitrogens with zero attached hydrogens (tertiary/aromatic N) is 3. The number of carbonyl (C=O) groups is 2. The molecule has 4 rings (SSSR count). The number of benzene rings is 1. The smallest absolute Gasteiger partial charge is 0.429 e. The molecule has 0 spiro atoms. The van der Waals surface area contributed by atoms with Gasteiger partial charge in [0.1, 0.15) is 17.1 Å². The van der Waals surface area contributed by atoms with Crippen molar-refractivity contribution in [3.05, 3.63) is 88.6 Å². The van der Waals surface area contributed by atoms with Crippen LogP contribution in [0, 0.1) is 5.82 Å². The number of ether oxygens (including phenoxy) is 1. The highest BCUT2D eigenvalue weighted by molar-refractivity contribution is 6.31. The number of allylic oxidation sites excluding steroid dienone is 2. The molecule has 0 bridgehead atoms. The van der Waals surface area contributed by atoms with Gasteiger partial charge in [-0.2, -0.15) is 0 Å². The predicted octanol–water partition coefficient (Wildman–Crippen LogP) is 5.65. The lowest BCUT2D eigenvalue weighted by Gasteiger charge is -2.36. The van der Waals surface area contributed by atoms with Crippen molar-refractivity contribution in [3.63, 3.8) is 0 Å². The fourth-order valence-electron chi connectivity index (χ4n) is 3.55. The minimum atomic E-state index is -0.755. The second kappa shape index (κ2) is 9.30. The Kier molecular flexibility index (Phi) is 6.43. The topological polar surface area (TPSA) is 78.5 Å². The van der Waals surface area contributed by atoms with Gasteiger partial charge in [0, 0.05) is 40.7 Å². The molecule has 0 saturated carbocycles. The number of nitrogens with one attached hydrogen (secondary N) is 1. The summed E-state index contributed by atoms with van der Waals surface area (Å²) in [7, 11) is 0. The molecule has 9 heteroatoms. The van der Waals surface area contributed by atoms with Gasteiger partial charge in [0.05, 0.1) is 18.1 Å². The Morgan fingerprint density at radius 3 is 2.79 bits per heavy atom. The van der Waals surface area contributed by atoms with E-state index in [0.717, 1.165) is 0 Å². The van der Waals surface area contributed by atoms with Gasteiger partial charge in [-0.15, -0.1) is 0 Å². The summed E-state index contributed by atoms with van der Waals surface area (Å²) in [6.45, 7) is 5.28. The second-order valence-corrected chi connectivity index (χ2v) is 9.28. The van der Waals surface area contributed by atoms with Gasteiger partial charge >= 0.3 is 6.09 Å². The van der Waals surface area contributed by atoms with Crippen LogP contribution >= 0.6 is 11.6 Å². The lowest BCUT2D eigenvalue weighted by Crippen LogP contribution is -2.47. The molecule has 1 N–H and O–H groups in total. The molecule has 0 unspecified atom stereocenters. The Labute approximate surface area is 201 Å². The molecule has 176 valence electrons. The Bertz CT molecular complexity index is 1310. The molecule has 1 amide bonds. The number of hydrazine groups is 1. The molecule has 0 fully saturated rings. The molecule has 7 nitrogen and oxygen atoms in total. The Morgan fingerprint density at radius 2 is 2.06 bits per heavy atom. The van der Waals surface area contributed by atoms with Crippen molar-refractivity contribution in [1.29, 1.82) is 0 Å². The summed E-state index contributed by atoms with van der Waals surface area (Å²) < 4.78 is 19.9. The van der Waals surface area contributed by atoms with Crippen LogP contribution in [-0.4, -0.2) is 44.0 Å². The van der Waals surface area contributed by atoms with Crippen LogP contribution in [0.2, 0.25) is 5.02 Å². The fraction of sp³-hybridized carbons (Fsp3) is 0.240. The number of hydrogen-bond donors (Lipinski definition) is 1. The second-order valence-electron chi connectivity index (χ2n) is 8.84. The van der Waals surface area contributed by atoms with Crippen LogP contribution in [0.15, 0.2) is 66.7 Å². The quantitative estimate of drug-likeness (QED) is 0.476. The van der Waals surface area contributed by atoms with Crippen molar-refractivity contribution in [2.75, 3.05) is 6.54 Å². The average Bonchev–Trinajstić information content (AvgIpc) is 3.20. The van der Waals surface area contributed by atoms with Crippen LogP contribution in [0.3, 0.4) is 0 Å². The largest absolute Gasteiger partial charge is 0.442 e. The number of fused-ring (bicyclic) bond motifs is 1. The van der Waals surface area contributed by atoms with Gasteiger partial charge in [0.2, 0.25) is 0 Å². The van der Waals surface area contributed by atoms with Crippen molar-refractivity contribution in [2.24, 2.45) is 0 Å².